The second-order valence-electron chi connectivity index (χ2n) is 4.79. The van der Waals surface area contributed by atoms with Crippen LogP contribution >= 0.6 is 46.4 Å². The van der Waals surface area contributed by atoms with Crippen LogP contribution in [0.2, 0.25) is 20.1 Å². The summed E-state index contributed by atoms with van der Waals surface area (Å²) >= 11 is 23.7. The molecule has 2 aromatic rings. The minimum Gasteiger partial charge on any atom is -0.379 e. The Morgan fingerprint density at radius 2 is 1.08 bits per heavy atom. The number of halogens is 4. The molecule has 0 radical (unpaired) electrons. The average Bonchev–Trinajstić information content (AvgIpc) is 2.58. The minimum atomic E-state index is -0.106. The van der Waals surface area contributed by atoms with E-state index in [1.807, 2.05) is 0 Å². The van der Waals surface area contributed by atoms with E-state index in [9.17, 15) is 0 Å². The van der Waals surface area contributed by atoms with Crippen LogP contribution in [0.3, 0.4) is 0 Å². The quantitative estimate of drug-likeness (QED) is 0.427. The molecule has 0 saturated carbocycles. The van der Waals surface area contributed by atoms with Gasteiger partial charge in [-0.3, -0.25) is 0 Å². The molecule has 0 unspecified atom stereocenters. The first-order valence-corrected chi connectivity index (χ1v) is 8.51. The van der Waals surface area contributed by atoms with Crippen molar-refractivity contribution in [1.29, 1.82) is 0 Å². The first-order valence-electron chi connectivity index (χ1n) is 7.00. The Morgan fingerprint density at radius 1 is 0.692 bits per heavy atom. The Hall–Kier alpha value is -2.12. The lowest BCUT2D eigenvalue weighted by Crippen LogP contribution is -2.30. The van der Waals surface area contributed by atoms with Gasteiger partial charge in [0.1, 0.15) is 0 Å². The molecule has 10 heteroatoms. The smallest absolute Gasteiger partial charge is 0.190 e. The van der Waals surface area contributed by atoms with Gasteiger partial charge in [0, 0.05) is 21.2 Å². The normalized spacial score (nSPS) is 13.1. The lowest BCUT2D eigenvalue weighted by Gasteiger charge is -1.98. The summed E-state index contributed by atoms with van der Waals surface area (Å²) in [7, 11) is 0. The van der Waals surface area contributed by atoms with Crippen LogP contribution in [0.25, 0.3) is 0 Å². The van der Waals surface area contributed by atoms with Gasteiger partial charge in [0.25, 0.3) is 0 Å². The fraction of sp³-hybridized carbons (Fsp3) is 0. The summed E-state index contributed by atoms with van der Waals surface area (Å²) in [4.78, 5) is 0. The molecular weight excluding hydrogens is 418 g/mol. The van der Waals surface area contributed by atoms with Gasteiger partial charge in [-0.25, -0.2) is 0 Å². The Balaban J connectivity index is 2.06. The first kappa shape index (κ1) is 20.2. The van der Waals surface area contributed by atoms with Crippen molar-refractivity contribution < 1.29 is 0 Å². The molecule has 134 valence electrons. The summed E-state index contributed by atoms with van der Waals surface area (Å²) in [6.45, 7) is 0. The molecule has 0 atom stereocenters. The summed E-state index contributed by atoms with van der Waals surface area (Å²) in [5.74, 6) is -0.212. The van der Waals surface area contributed by atoms with E-state index in [1.165, 1.54) is 12.4 Å². The van der Waals surface area contributed by atoms with Crippen LogP contribution in [0, 0.1) is 0 Å². The van der Waals surface area contributed by atoms with Crippen molar-refractivity contribution in [1.82, 2.24) is 0 Å². The molecule has 26 heavy (non-hydrogen) atoms. The van der Waals surface area contributed by atoms with E-state index in [0.29, 0.717) is 31.2 Å². The highest BCUT2D eigenvalue weighted by Crippen LogP contribution is 2.20. The number of amidine groups is 2. The molecule has 0 aliphatic heterocycles. The van der Waals surface area contributed by atoms with E-state index in [1.54, 1.807) is 36.4 Å². The van der Waals surface area contributed by atoms with E-state index < -0.39 is 0 Å². The first-order chi connectivity index (χ1) is 12.4. The monoisotopic (exact) mass is 428 g/mol. The molecule has 0 saturated heterocycles. The van der Waals surface area contributed by atoms with Gasteiger partial charge in [0.2, 0.25) is 0 Å². The molecule has 0 aliphatic carbocycles. The molecule has 2 rings (SSSR count). The number of nitrogens with zero attached hydrogens (tertiary/aromatic N) is 4. The van der Waals surface area contributed by atoms with Crippen molar-refractivity contribution in [3.05, 3.63) is 67.6 Å². The van der Waals surface area contributed by atoms with Crippen molar-refractivity contribution in [2.75, 3.05) is 0 Å². The molecule has 0 amide bonds. The third kappa shape index (κ3) is 6.00. The van der Waals surface area contributed by atoms with Crippen LogP contribution in [0.4, 0.5) is 0 Å². The van der Waals surface area contributed by atoms with Crippen molar-refractivity contribution >= 4 is 70.5 Å². The van der Waals surface area contributed by atoms with Gasteiger partial charge < -0.3 is 11.5 Å². The Kier molecular flexibility index (Phi) is 7.41. The Morgan fingerprint density at radius 3 is 1.42 bits per heavy atom. The molecule has 6 nitrogen and oxygen atoms in total. The second-order valence-corrected chi connectivity index (χ2v) is 6.48. The third-order valence-electron chi connectivity index (χ3n) is 2.91. The lowest BCUT2D eigenvalue weighted by atomic mass is 10.2. The summed E-state index contributed by atoms with van der Waals surface area (Å²) in [6.07, 6.45) is 2.82. The molecule has 0 fully saturated rings. The fourth-order valence-electron chi connectivity index (χ4n) is 1.62. The van der Waals surface area contributed by atoms with Crippen molar-refractivity contribution in [3.63, 3.8) is 0 Å². The Labute approximate surface area is 169 Å². The zero-order valence-corrected chi connectivity index (χ0v) is 16.1. The van der Waals surface area contributed by atoms with E-state index >= 15 is 0 Å². The number of hydrogen-bond acceptors (Lipinski definition) is 4. The maximum Gasteiger partial charge on any atom is 0.190 e. The van der Waals surface area contributed by atoms with Gasteiger partial charge in [-0.2, -0.15) is 10.2 Å². The van der Waals surface area contributed by atoms with Gasteiger partial charge in [-0.05, 0) is 24.3 Å². The summed E-state index contributed by atoms with van der Waals surface area (Å²) < 4.78 is 0. The topological polar surface area (TPSA) is 101 Å². The van der Waals surface area contributed by atoms with Crippen LogP contribution in [0.15, 0.2) is 56.8 Å². The number of benzene rings is 2. The number of nitrogens with two attached hydrogens (primary N) is 2. The number of rotatable bonds is 4. The molecule has 0 aliphatic rings. The van der Waals surface area contributed by atoms with Gasteiger partial charge in [0.05, 0.1) is 22.5 Å². The predicted octanol–water partition coefficient (Wildman–Crippen LogP) is 4.38. The highest BCUT2D eigenvalue weighted by atomic mass is 35.5. The molecule has 2 aromatic carbocycles. The van der Waals surface area contributed by atoms with Gasteiger partial charge >= 0.3 is 0 Å². The molecule has 0 spiro atoms. The van der Waals surface area contributed by atoms with Gasteiger partial charge in [0.15, 0.2) is 11.7 Å². The average molecular weight is 430 g/mol. The predicted molar refractivity (Wildman–Crippen MR) is 111 cm³/mol. The molecule has 0 aromatic heterocycles. The van der Waals surface area contributed by atoms with E-state index in [-0.39, 0.29) is 11.7 Å². The van der Waals surface area contributed by atoms with Crippen LogP contribution in [-0.4, -0.2) is 24.1 Å². The highest BCUT2D eigenvalue weighted by Gasteiger charge is 2.01. The van der Waals surface area contributed by atoms with E-state index in [4.69, 9.17) is 57.9 Å². The number of hydrogen-bond donors (Lipinski definition) is 2. The maximum atomic E-state index is 6.01. The SMILES string of the molecule is NC(=N/N=C\c1ccc(Cl)cc1Cl)C(N)=N/N=C/c1ccc(Cl)cc1Cl. The molecule has 4 N–H and O–H groups in total. The molecular formula is C16H12Cl4N6. The lowest BCUT2D eigenvalue weighted by molar-refractivity contribution is 1.21. The zero-order chi connectivity index (χ0) is 19.1. The fourth-order valence-corrected chi connectivity index (χ4v) is 2.54. The van der Waals surface area contributed by atoms with Crippen molar-refractivity contribution in [2.24, 2.45) is 31.9 Å². The van der Waals surface area contributed by atoms with E-state index in [0.717, 1.165) is 0 Å². The van der Waals surface area contributed by atoms with Crippen molar-refractivity contribution in [2.45, 2.75) is 0 Å². The van der Waals surface area contributed by atoms with E-state index in [2.05, 4.69) is 20.4 Å². The third-order valence-corrected chi connectivity index (χ3v) is 4.04. The Bertz CT molecular complexity index is 845. The maximum absolute atomic E-state index is 6.01. The second kappa shape index (κ2) is 9.54. The van der Waals surface area contributed by atoms with Gasteiger partial charge in [-0.15, -0.1) is 10.2 Å². The van der Waals surface area contributed by atoms with Crippen LogP contribution < -0.4 is 11.5 Å². The summed E-state index contributed by atoms with van der Waals surface area (Å²) in [5, 5.41) is 17.0. The van der Waals surface area contributed by atoms with Gasteiger partial charge in [-0.1, -0.05) is 58.5 Å². The minimum absolute atomic E-state index is 0.106. The summed E-state index contributed by atoms with van der Waals surface area (Å²) in [5.41, 5.74) is 12.6. The standard InChI is InChI=1S/C16H12Cl4N6/c17-11-3-1-9(13(19)5-11)7-23-25-15(21)16(22)26-24-8-10-2-4-12(18)6-14(10)20/h1-8H,(H2,21,25)(H2,22,26)/b23-7-,24-8+. The van der Waals surface area contributed by atoms with Crippen LogP contribution in [0.5, 0.6) is 0 Å². The largest absolute Gasteiger partial charge is 0.379 e. The van der Waals surface area contributed by atoms with Crippen LogP contribution in [0.1, 0.15) is 11.1 Å². The molecule has 0 bridgehead atoms. The highest BCUT2D eigenvalue weighted by molar-refractivity contribution is 6.39. The zero-order valence-electron chi connectivity index (χ0n) is 13.1. The molecule has 0 heterocycles. The van der Waals surface area contributed by atoms with Crippen LogP contribution in [-0.2, 0) is 0 Å². The van der Waals surface area contributed by atoms with Crippen molar-refractivity contribution in [3.8, 4) is 0 Å². The summed E-state index contributed by atoms with van der Waals surface area (Å²) in [6, 6.07) is 9.91.